The Kier molecular flexibility index (Phi) is 4.81. The molecule has 2 aromatic rings. The van der Waals surface area contributed by atoms with Gasteiger partial charge in [0.2, 0.25) is 10.0 Å². The maximum Gasteiger partial charge on any atom is 0.269 e. The number of halogens is 2. The normalized spacial score (nSPS) is 14.5. The van der Waals surface area contributed by atoms with Crippen molar-refractivity contribution in [2.24, 2.45) is 13.0 Å². The number of nitrogens with zero attached hydrogens (tertiary/aromatic N) is 2. The van der Waals surface area contributed by atoms with Gasteiger partial charge in [-0.05, 0) is 30.9 Å². The van der Waals surface area contributed by atoms with Crippen LogP contribution in [0.1, 0.15) is 23.2 Å². The van der Waals surface area contributed by atoms with Crippen molar-refractivity contribution in [3.8, 4) is 11.3 Å². The SMILES string of the molecule is Cn1cnc(-c2cc(Cl)c(F)c(C(=O)NNS(=O)(=O)CC3CC3)c2)c1. The van der Waals surface area contributed by atoms with E-state index in [-0.39, 0.29) is 22.3 Å². The van der Waals surface area contributed by atoms with Crippen molar-refractivity contribution in [2.45, 2.75) is 12.8 Å². The molecular formula is C15H16ClFN4O3S. The van der Waals surface area contributed by atoms with Crippen molar-refractivity contribution in [3.63, 3.8) is 0 Å². The number of carbonyl (C=O) groups excluding carboxylic acids is 1. The molecule has 10 heteroatoms. The standard InChI is InChI=1S/C15H16ClFN4O3S/c1-21-6-13(18-8-21)10-4-11(14(17)12(16)5-10)15(22)19-20-25(23,24)7-9-2-3-9/h4-6,8-9,20H,2-3,7H2,1H3,(H,19,22). The first kappa shape index (κ1) is 17.8. The molecule has 0 spiro atoms. The first-order valence-electron chi connectivity index (χ1n) is 7.52. The van der Waals surface area contributed by atoms with Crippen LogP contribution >= 0.6 is 11.6 Å². The highest BCUT2D eigenvalue weighted by molar-refractivity contribution is 7.89. The highest BCUT2D eigenvalue weighted by Gasteiger charge is 2.28. The molecule has 0 unspecified atom stereocenters. The molecule has 0 aliphatic heterocycles. The van der Waals surface area contributed by atoms with Crippen molar-refractivity contribution in [1.82, 2.24) is 19.8 Å². The summed E-state index contributed by atoms with van der Waals surface area (Å²) in [4.78, 5) is 18.3. The van der Waals surface area contributed by atoms with Gasteiger partial charge in [-0.15, -0.1) is 4.83 Å². The minimum absolute atomic E-state index is 0.0650. The number of hydrogen-bond donors (Lipinski definition) is 2. The zero-order valence-electron chi connectivity index (χ0n) is 13.3. The molecule has 1 fully saturated rings. The van der Waals surface area contributed by atoms with Crippen LogP contribution in [0, 0.1) is 11.7 Å². The lowest BCUT2D eigenvalue weighted by molar-refractivity contribution is 0.0941. The molecule has 134 valence electrons. The fraction of sp³-hybridized carbons (Fsp3) is 0.333. The zero-order valence-corrected chi connectivity index (χ0v) is 14.9. The number of imidazole rings is 1. The lowest BCUT2D eigenvalue weighted by atomic mass is 10.1. The Morgan fingerprint density at radius 2 is 2.16 bits per heavy atom. The largest absolute Gasteiger partial charge is 0.340 e. The van der Waals surface area contributed by atoms with Crippen molar-refractivity contribution < 1.29 is 17.6 Å². The molecule has 3 rings (SSSR count). The third-order valence-electron chi connectivity index (χ3n) is 3.75. The van der Waals surface area contributed by atoms with Crippen LogP contribution < -0.4 is 10.3 Å². The number of aryl methyl sites for hydroxylation is 1. The Morgan fingerprint density at radius 3 is 2.76 bits per heavy atom. The van der Waals surface area contributed by atoms with E-state index in [1.165, 1.54) is 12.1 Å². The maximum atomic E-state index is 14.2. The summed E-state index contributed by atoms with van der Waals surface area (Å²) in [7, 11) is -1.89. The molecular weight excluding hydrogens is 371 g/mol. The quantitative estimate of drug-likeness (QED) is 0.741. The summed E-state index contributed by atoms with van der Waals surface area (Å²) in [5.41, 5.74) is 2.60. The molecule has 1 heterocycles. The summed E-state index contributed by atoms with van der Waals surface area (Å²) < 4.78 is 39.5. The third-order valence-corrected chi connectivity index (χ3v) is 5.34. The van der Waals surface area contributed by atoms with Gasteiger partial charge in [0, 0.05) is 18.8 Å². The van der Waals surface area contributed by atoms with E-state index in [0.717, 1.165) is 12.8 Å². The molecule has 1 aromatic carbocycles. The summed E-state index contributed by atoms with van der Waals surface area (Å²) in [5, 5.41) is -0.255. The molecule has 1 saturated carbocycles. The van der Waals surface area contributed by atoms with Gasteiger partial charge in [0.05, 0.1) is 28.4 Å². The molecule has 0 saturated heterocycles. The molecule has 1 aliphatic carbocycles. The Bertz CT molecular complexity index is 925. The Hall–Kier alpha value is -1.97. The van der Waals surface area contributed by atoms with Crippen LogP contribution in [0.2, 0.25) is 5.02 Å². The van der Waals surface area contributed by atoms with Crippen LogP contribution in [-0.4, -0.2) is 29.6 Å². The van der Waals surface area contributed by atoms with Gasteiger partial charge in [0.25, 0.3) is 5.91 Å². The van der Waals surface area contributed by atoms with Gasteiger partial charge in [-0.25, -0.2) is 17.8 Å². The van der Waals surface area contributed by atoms with Crippen molar-refractivity contribution >= 4 is 27.5 Å². The molecule has 7 nitrogen and oxygen atoms in total. The number of aromatic nitrogens is 2. The predicted octanol–water partition coefficient (Wildman–Crippen LogP) is 1.85. The molecule has 0 radical (unpaired) electrons. The summed E-state index contributed by atoms with van der Waals surface area (Å²) in [6.45, 7) is 0. The van der Waals surface area contributed by atoms with Gasteiger partial charge >= 0.3 is 0 Å². The second kappa shape index (κ2) is 6.74. The molecule has 0 bridgehead atoms. The van der Waals surface area contributed by atoms with Gasteiger partial charge in [-0.1, -0.05) is 11.6 Å². The summed E-state index contributed by atoms with van der Waals surface area (Å²) >= 11 is 5.86. The van der Waals surface area contributed by atoms with Crippen LogP contribution in [0.5, 0.6) is 0 Å². The van der Waals surface area contributed by atoms with E-state index in [1.807, 2.05) is 10.3 Å². The summed E-state index contributed by atoms with van der Waals surface area (Å²) in [6, 6.07) is 2.63. The predicted molar refractivity (Wildman–Crippen MR) is 90.7 cm³/mol. The Balaban J connectivity index is 1.80. The average Bonchev–Trinajstić information content (AvgIpc) is 3.24. The number of benzene rings is 1. The first-order valence-corrected chi connectivity index (χ1v) is 9.55. The van der Waals surface area contributed by atoms with Gasteiger partial charge in [0.15, 0.2) is 5.82 Å². The van der Waals surface area contributed by atoms with Gasteiger partial charge in [-0.3, -0.25) is 10.2 Å². The van der Waals surface area contributed by atoms with E-state index in [9.17, 15) is 17.6 Å². The second-order valence-electron chi connectivity index (χ2n) is 6.02. The third kappa shape index (κ3) is 4.36. The van der Waals surface area contributed by atoms with E-state index in [1.54, 1.807) is 24.1 Å². The van der Waals surface area contributed by atoms with E-state index in [2.05, 4.69) is 4.98 Å². The fourth-order valence-corrected chi connectivity index (χ4v) is 3.80. The molecule has 25 heavy (non-hydrogen) atoms. The Morgan fingerprint density at radius 1 is 1.44 bits per heavy atom. The zero-order chi connectivity index (χ0) is 18.2. The van der Waals surface area contributed by atoms with E-state index in [0.29, 0.717) is 11.3 Å². The van der Waals surface area contributed by atoms with Gasteiger partial charge in [0.1, 0.15) is 0 Å². The number of carbonyl (C=O) groups is 1. The maximum absolute atomic E-state index is 14.2. The van der Waals surface area contributed by atoms with Crippen LogP contribution in [0.3, 0.4) is 0 Å². The van der Waals surface area contributed by atoms with Gasteiger partial charge in [-0.2, -0.15) is 0 Å². The number of hydrazine groups is 1. The highest BCUT2D eigenvalue weighted by Crippen LogP contribution is 2.30. The van der Waals surface area contributed by atoms with Crippen LogP contribution in [0.4, 0.5) is 4.39 Å². The minimum atomic E-state index is -3.66. The summed E-state index contributed by atoms with van der Waals surface area (Å²) in [6.07, 6.45) is 4.94. The lowest BCUT2D eigenvalue weighted by Crippen LogP contribution is -2.43. The van der Waals surface area contributed by atoms with Crippen LogP contribution in [-0.2, 0) is 17.1 Å². The van der Waals surface area contributed by atoms with Crippen molar-refractivity contribution in [3.05, 3.63) is 41.1 Å². The number of nitrogens with one attached hydrogen (secondary N) is 2. The molecule has 1 amide bonds. The lowest BCUT2D eigenvalue weighted by Gasteiger charge is -2.10. The molecule has 2 N–H and O–H groups in total. The highest BCUT2D eigenvalue weighted by atomic mass is 35.5. The number of hydrogen-bond acceptors (Lipinski definition) is 4. The van der Waals surface area contributed by atoms with Crippen LogP contribution in [0.25, 0.3) is 11.3 Å². The molecule has 0 atom stereocenters. The molecule has 1 aliphatic rings. The Labute approximate surface area is 149 Å². The topological polar surface area (TPSA) is 93.1 Å². The van der Waals surface area contributed by atoms with E-state index < -0.39 is 21.7 Å². The summed E-state index contributed by atoms with van der Waals surface area (Å²) in [5.74, 6) is -1.81. The molecule has 1 aromatic heterocycles. The fourth-order valence-electron chi connectivity index (χ4n) is 2.29. The monoisotopic (exact) mass is 386 g/mol. The van der Waals surface area contributed by atoms with Gasteiger partial charge < -0.3 is 4.57 Å². The first-order chi connectivity index (χ1) is 11.7. The van der Waals surface area contributed by atoms with Crippen molar-refractivity contribution in [1.29, 1.82) is 0 Å². The minimum Gasteiger partial charge on any atom is -0.340 e. The number of rotatable bonds is 6. The van der Waals surface area contributed by atoms with E-state index in [4.69, 9.17) is 11.6 Å². The van der Waals surface area contributed by atoms with E-state index >= 15 is 0 Å². The van der Waals surface area contributed by atoms with Crippen molar-refractivity contribution in [2.75, 3.05) is 5.75 Å². The number of amides is 1. The number of sulfonamides is 1. The second-order valence-corrected chi connectivity index (χ2v) is 8.20. The average molecular weight is 387 g/mol. The van der Waals surface area contributed by atoms with Crippen LogP contribution in [0.15, 0.2) is 24.7 Å². The smallest absolute Gasteiger partial charge is 0.269 e.